The van der Waals surface area contributed by atoms with Crippen LogP contribution in [0.15, 0.2) is 23.7 Å². The number of thioether (sulfide) groups is 1. The van der Waals surface area contributed by atoms with Crippen molar-refractivity contribution in [3.8, 4) is 0 Å². The molecule has 3 nitrogen and oxygen atoms in total. The second kappa shape index (κ2) is 6.98. The van der Waals surface area contributed by atoms with Crippen LogP contribution in [0.4, 0.5) is 8.78 Å². The summed E-state index contributed by atoms with van der Waals surface area (Å²) in [7, 11) is -0.763. The number of halogens is 2. The molecule has 0 aliphatic carbocycles. The van der Waals surface area contributed by atoms with E-state index in [2.05, 4.69) is 0 Å². The van der Waals surface area contributed by atoms with Crippen molar-refractivity contribution in [1.82, 2.24) is 0 Å². The van der Waals surface area contributed by atoms with Crippen LogP contribution in [0.5, 0.6) is 0 Å². The molecule has 0 bridgehead atoms. The Balaban J connectivity index is 2.39. The summed E-state index contributed by atoms with van der Waals surface area (Å²) < 4.78 is 39.8. The monoisotopic (exact) mass is 354 g/mol. The van der Waals surface area contributed by atoms with Crippen LogP contribution < -0.4 is 0 Å². The van der Waals surface area contributed by atoms with Gasteiger partial charge in [-0.3, -0.25) is 4.79 Å². The zero-order chi connectivity index (χ0) is 18.1. The second-order valence-corrected chi connectivity index (χ2v) is 7.88. The lowest BCUT2D eigenvalue weighted by atomic mass is 9.78. The molecule has 0 unspecified atom stereocenters. The average Bonchev–Trinajstić information content (AvgIpc) is 2.65. The highest BCUT2D eigenvalue weighted by molar-refractivity contribution is 8.13. The van der Waals surface area contributed by atoms with Crippen molar-refractivity contribution >= 4 is 30.1 Å². The average molecular weight is 354 g/mol. The Bertz CT molecular complexity index is 638. The van der Waals surface area contributed by atoms with E-state index >= 15 is 0 Å². The van der Waals surface area contributed by atoms with E-state index in [4.69, 9.17) is 9.31 Å². The molecule has 0 saturated carbocycles. The first kappa shape index (κ1) is 19.2. The van der Waals surface area contributed by atoms with E-state index in [1.54, 1.807) is 0 Å². The van der Waals surface area contributed by atoms with Crippen molar-refractivity contribution in [2.75, 3.05) is 5.75 Å². The largest absolute Gasteiger partial charge is 0.491 e. The first-order chi connectivity index (χ1) is 11.0. The maximum Gasteiger partial charge on any atom is 0.491 e. The quantitative estimate of drug-likeness (QED) is 0.757. The van der Waals surface area contributed by atoms with Crippen LogP contribution in [-0.2, 0) is 14.1 Å². The lowest BCUT2D eigenvalue weighted by molar-refractivity contribution is -0.109. The fourth-order valence-electron chi connectivity index (χ4n) is 2.19. The summed E-state index contributed by atoms with van der Waals surface area (Å²) in [5, 5.41) is -0.0913. The van der Waals surface area contributed by atoms with Crippen LogP contribution in [-0.4, -0.2) is 29.2 Å². The molecule has 0 amide bonds. The van der Waals surface area contributed by atoms with Crippen LogP contribution in [0, 0.1) is 11.6 Å². The van der Waals surface area contributed by atoms with E-state index < -0.39 is 30.0 Å². The highest BCUT2D eigenvalue weighted by Crippen LogP contribution is 2.39. The smallest absolute Gasteiger partial charge is 0.400 e. The van der Waals surface area contributed by atoms with Gasteiger partial charge in [-0.05, 0) is 45.3 Å². The van der Waals surface area contributed by atoms with E-state index in [1.807, 2.05) is 27.7 Å². The minimum Gasteiger partial charge on any atom is -0.400 e. The third-order valence-corrected chi connectivity index (χ3v) is 5.21. The molecule has 1 aliphatic heterocycles. The molecular weight excluding hydrogens is 333 g/mol. The molecule has 0 radical (unpaired) electrons. The van der Waals surface area contributed by atoms with Gasteiger partial charge in [-0.15, -0.1) is 0 Å². The summed E-state index contributed by atoms with van der Waals surface area (Å²) in [6.45, 7) is 9.02. The van der Waals surface area contributed by atoms with Gasteiger partial charge in [0, 0.05) is 18.2 Å². The first-order valence-electron chi connectivity index (χ1n) is 7.67. The van der Waals surface area contributed by atoms with Gasteiger partial charge in [-0.25, -0.2) is 8.78 Å². The van der Waals surface area contributed by atoms with E-state index in [-0.39, 0.29) is 16.4 Å². The van der Waals surface area contributed by atoms with Crippen LogP contribution >= 0.6 is 11.8 Å². The van der Waals surface area contributed by atoms with E-state index in [9.17, 15) is 13.6 Å². The predicted molar refractivity (Wildman–Crippen MR) is 93.6 cm³/mol. The predicted octanol–water partition coefficient (Wildman–Crippen LogP) is 4.26. The summed E-state index contributed by atoms with van der Waals surface area (Å²) in [6.07, 6.45) is 1.38. The molecule has 1 aliphatic rings. The van der Waals surface area contributed by atoms with Gasteiger partial charge in [0.25, 0.3) is 0 Å². The molecule has 0 atom stereocenters. The fourth-order valence-corrected chi connectivity index (χ4v) is 2.78. The van der Waals surface area contributed by atoms with E-state index in [0.29, 0.717) is 5.47 Å². The molecule has 1 fully saturated rings. The summed E-state index contributed by atoms with van der Waals surface area (Å²) in [6, 6.07) is 3.69. The van der Waals surface area contributed by atoms with Crippen LogP contribution in [0.25, 0.3) is 6.08 Å². The van der Waals surface area contributed by atoms with Crippen molar-refractivity contribution in [2.45, 2.75) is 45.8 Å². The molecule has 130 valence electrons. The van der Waals surface area contributed by atoms with Gasteiger partial charge in [-0.1, -0.05) is 23.9 Å². The van der Waals surface area contributed by atoms with E-state index in [0.717, 1.165) is 11.8 Å². The van der Waals surface area contributed by atoms with Gasteiger partial charge in [0.15, 0.2) is 5.12 Å². The van der Waals surface area contributed by atoms with Gasteiger partial charge >= 0.3 is 7.12 Å². The van der Waals surface area contributed by atoms with Crippen molar-refractivity contribution in [3.05, 3.63) is 40.9 Å². The molecule has 7 heteroatoms. The molecule has 1 aromatic carbocycles. The maximum atomic E-state index is 14.0. The highest BCUT2D eigenvalue weighted by Gasteiger charge is 2.52. The van der Waals surface area contributed by atoms with Crippen LogP contribution in [0.3, 0.4) is 0 Å². The Hall–Kier alpha value is -1.18. The van der Waals surface area contributed by atoms with Gasteiger partial charge < -0.3 is 9.31 Å². The SMILES string of the molecule is CC(=O)SCC(=Cc1c(F)cccc1F)B1OC(C)(C)C(C)(C)O1. The summed E-state index contributed by atoms with van der Waals surface area (Å²) in [5.41, 5.74) is -0.805. The minimum atomic E-state index is -0.763. The third kappa shape index (κ3) is 4.07. The maximum absolute atomic E-state index is 14.0. The third-order valence-electron chi connectivity index (χ3n) is 4.33. The Labute approximate surface area is 145 Å². The first-order valence-corrected chi connectivity index (χ1v) is 8.65. The minimum absolute atomic E-state index is 0.0913. The molecule has 24 heavy (non-hydrogen) atoms. The molecule has 0 N–H and O–H groups in total. The fraction of sp³-hybridized carbons (Fsp3) is 0.471. The standard InChI is InChI=1S/C17H21BF2O3S/c1-11(21)24-10-12(9-13-14(19)7-6-8-15(13)20)18-22-16(2,3)17(4,5)23-18/h6-9H,10H2,1-5H3. The van der Waals surface area contributed by atoms with E-state index in [1.165, 1.54) is 31.2 Å². The number of rotatable bonds is 4. The molecule has 1 aromatic rings. The summed E-state index contributed by atoms with van der Waals surface area (Å²) in [4.78, 5) is 11.3. The number of carbonyl (C=O) groups is 1. The lowest BCUT2D eigenvalue weighted by Crippen LogP contribution is -2.41. The highest BCUT2D eigenvalue weighted by atomic mass is 32.2. The molecule has 0 spiro atoms. The van der Waals surface area contributed by atoms with Crippen molar-refractivity contribution < 1.29 is 22.9 Å². The Morgan fingerprint density at radius 2 is 1.67 bits per heavy atom. The molecule has 2 rings (SSSR count). The Morgan fingerprint density at radius 1 is 1.17 bits per heavy atom. The number of hydrogen-bond acceptors (Lipinski definition) is 4. The molecule has 1 saturated heterocycles. The van der Waals surface area contributed by atoms with Gasteiger partial charge in [0.05, 0.1) is 11.2 Å². The second-order valence-electron chi connectivity index (χ2n) is 6.72. The van der Waals surface area contributed by atoms with Crippen LogP contribution in [0.1, 0.15) is 40.2 Å². The van der Waals surface area contributed by atoms with Crippen LogP contribution in [0.2, 0.25) is 0 Å². The van der Waals surface area contributed by atoms with Gasteiger partial charge in [0.1, 0.15) is 11.6 Å². The molecule has 1 heterocycles. The Morgan fingerprint density at radius 3 is 2.12 bits per heavy atom. The van der Waals surface area contributed by atoms with Crippen molar-refractivity contribution in [1.29, 1.82) is 0 Å². The summed E-state index contributed by atoms with van der Waals surface area (Å²) >= 11 is 1.05. The zero-order valence-corrected chi connectivity index (χ0v) is 15.3. The zero-order valence-electron chi connectivity index (χ0n) is 14.5. The Kier molecular flexibility index (Phi) is 5.57. The number of hydrogen-bond donors (Lipinski definition) is 0. The van der Waals surface area contributed by atoms with Crippen molar-refractivity contribution in [3.63, 3.8) is 0 Å². The summed E-state index contributed by atoms with van der Waals surface area (Å²) in [5.74, 6) is -1.10. The lowest BCUT2D eigenvalue weighted by Gasteiger charge is -2.32. The van der Waals surface area contributed by atoms with Gasteiger partial charge in [0.2, 0.25) is 0 Å². The van der Waals surface area contributed by atoms with Crippen molar-refractivity contribution in [2.24, 2.45) is 0 Å². The number of carbonyl (C=O) groups excluding carboxylic acids is 1. The van der Waals surface area contributed by atoms with Gasteiger partial charge in [-0.2, -0.15) is 0 Å². The normalized spacial score (nSPS) is 19.6. The molecular formula is C17H21BF2O3S. The topological polar surface area (TPSA) is 35.5 Å². The number of benzene rings is 1. The molecule has 0 aromatic heterocycles.